The van der Waals surface area contributed by atoms with Crippen molar-refractivity contribution in [3.8, 4) is 0 Å². The zero-order valence-corrected chi connectivity index (χ0v) is 9.61. The van der Waals surface area contributed by atoms with Gasteiger partial charge in [0, 0.05) is 11.5 Å². The predicted molar refractivity (Wildman–Crippen MR) is 62.0 cm³/mol. The van der Waals surface area contributed by atoms with Gasteiger partial charge in [-0.1, -0.05) is 46.3 Å². The maximum Gasteiger partial charge on any atom is 0.428 e. The Kier molecular flexibility index (Phi) is 5.47. The van der Waals surface area contributed by atoms with Crippen LogP contribution in [0.2, 0.25) is 0 Å². The maximum absolute atomic E-state index is 11.0. The van der Waals surface area contributed by atoms with E-state index in [0.29, 0.717) is 5.33 Å². The Morgan fingerprint density at radius 2 is 2.20 bits per heavy atom. The standard InChI is InChI=1S/C10H11BrN2O2/c11-6-7-12-13-10(14)15-8-9-4-2-1-3-5-9/h1-5,7H,6,8H2,(H,13,14)/b12-7-. The van der Waals surface area contributed by atoms with Gasteiger partial charge in [0.25, 0.3) is 0 Å². The molecule has 0 aliphatic rings. The summed E-state index contributed by atoms with van der Waals surface area (Å²) in [5, 5.41) is 4.19. The van der Waals surface area contributed by atoms with Crippen molar-refractivity contribution in [1.29, 1.82) is 0 Å². The highest BCUT2D eigenvalue weighted by atomic mass is 79.9. The molecule has 0 saturated carbocycles. The van der Waals surface area contributed by atoms with Gasteiger partial charge in [0.1, 0.15) is 6.61 Å². The number of benzene rings is 1. The number of hydrogen-bond donors (Lipinski definition) is 1. The first-order chi connectivity index (χ1) is 7.33. The number of nitrogens with one attached hydrogen (secondary N) is 1. The van der Waals surface area contributed by atoms with Crippen LogP contribution in [0.25, 0.3) is 0 Å². The van der Waals surface area contributed by atoms with E-state index in [0.717, 1.165) is 5.56 Å². The molecule has 0 unspecified atom stereocenters. The lowest BCUT2D eigenvalue weighted by atomic mass is 10.2. The van der Waals surface area contributed by atoms with E-state index in [-0.39, 0.29) is 6.61 Å². The minimum Gasteiger partial charge on any atom is -0.443 e. The quantitative estimate of drug-likeness (QED) is 0.519. The molecule has 0 spiro atoms. The number of hydrazone groups is 1. The molecule has 0 fully saturated rings. The van der Waals surface area contributed by atoms with Gasteiger partial charge in [-0.2, -0.15) is 5.10 Å². The molecule has 1 rings (SSSR count). The number of carbonyl (C=O) groups excluding carboxylic acids is 1. The van der Waals surface area contributed by atoms with Gasteiger partial charge in [0.15, 0.2) is 0 Å². The molecule has 0 aliphatic heterocycles. The summed E-state index contributed by atoms with van der Waals surface area (Å²) in [6, 6.07) is 9.45. The largest absolute Gasteiger partial charge is 0.443 e. The summed E-state index contributed by atoms with van der Waals surface area (Å²) >= 11 is 3.13. The summed E-state index contributed by atoms with van der Waals surface area (Å²) in [5.41, 5.74) is 3.17. The van der Waals surface area contributed by atoms with E-state index in [4.69, 9.17) is 4.74 Å². The minimum absolute atomic E-state index is 0.247. The van der Waals surface area contributed by atoms with Crippen LogP contribution in [0.3, 0.4) is 0 Å². The van der Waals surface area contributed by atoms with Crippen molar-refractivity contribution in [1.82, 2.24) is 5.43 Å². The fourth-order valence-corrected chi connectivity index (χ4v) is 1.03. The van der Waals surface area contributed by atoms with Crippen LogP contribution in [0.1, 0.15) is 5.56 Å². The summed E-state index contributed by atoms with van der Waals surface area (Å²) in [5.74, 6) is 0. The second-order valence-electron chi connectivity index (χ2n) is 2.64. The van der Waals surface area contributed by atoms with Crippen LogP contribution in [0.5, 0.6) is 0 Å². The van der Waals surface area contributed by atoms with Crippen molar-refractivity contribution in [2.24, 2.45) is 5.10 Å². The van der Waals surface area contributed by atoms with E-state index < -0.39 is 6.09 Å². The second kappa shape index (κ2) is 7.00. The van der Waals surface area contributed by atoms with Crippen LogP contribution < -0.4 is 5.43 Å². The average molecular weight is 271 g/mol. The Bertz CT molecular complexity index is 327. The summed E-state index contributed by atoms with van der Waals surface area (Å²) in [7, 11) is 0. The number of halogens is 1. The molecule has 1 N–H and O–H groups in total. The van der Waals surface area contributed by atoms with Crippen LogP contribution in [-0.2, 0) is 11.3 Å². The normalized spacial score (nSPS) is 10.2. The van der Waals surface area contributed by atoms with Crippen molar-refractivity contribution in [3.63, 3.8) is 0 Å². The molecule has 0 aliphatic carbocycles. The third-order valence-electron chi connectivity index (χ3n) is 1.53. The zero-order chi connectivity index (χ0) is 10.9. The molecule has 0 aromatic heterocycles. The minimum atomic E-state index is -0.559. The maximum atomic E-state index is 11.0. The summed E-state index contributed by atoms with van der Waals surface area (Å²) in [6.07, 6.45) is 0.958. The molecular formula is C10H11BrN2O2. The lowest BCUT2D eigenvalue weighted by Crippen LogP contribution is -2.18. The van der Waals surface area contributed by atoms with Gasteiger partial charge >= 0.3 is 6.09 Å². The molecule has 1 aromatic carbocycles. The van der Waals surface area contributed by atoms with E-state index in [1.165, 1.54) is 6.21 Å². The van der Waals surface area contributed by atoms with E-state index >= 15 is 0 Å². The van der Waals surface area contributed by atoms with Crippen molar-refractivity contribution in [2.75, 3.05) is 5.33 Å². The molecule has 0 heterocycles. The molecule has 0 radical (unpaired) electrons. The Balaban J connectivity index is 2.26. The van der Waals surface area contributed by atoms with E-state index in [1.807, 2.05) is 30.3 Å². The van der Waals surface area contributed by atoms with Crippen LogP contribution in [0.4, 0.5) is 4.79 Å². The van der Waals surface area contributed by atoms with Gasteiger partial charge < -0.3 is 4.74 Å². The highest BCUT2D eigenvalue weighted by Crippen LogP contribution is 2.00. The van der Waals surface area contributed by atoms with Gasteiger partial charge in [0.05, 0.1) is 0 Å². The van der Waals surface area contributed by atoms with E-state index in [9.17, 15) is 4.79 Å². The van der Waals surface area contributed by atoms with E-state index in [2.05, 4.69) is 26.5 Å². The molecule has 0 atom stereocenters. The van der Waals surface area contributed by atoms with Crippen molar-refractivity contribution >= 4 is 28.2 Å². The third kappa shape index (κ3) is 5.17. The molecular weight excluding hydrogens is 260 g/mol. The molecule has 1 amide bonds. The predicted octanol–water partition coefficient (Wildman–Crippen LogP) is 2.29. The SMILES string of the molecule is O=C(N/N=C\CBr)OCc1ccccc1. The fourth-order valence-electron chi connectivity index (χ4n) is 0.888. The molecule has 0 bridgehead atoms. The molecule has 0 saturated heterocycles. The molecule has 4 nitrogen and oxygen atoms in total. The van der Waals surface area contributed by atoms with Gasteiger partial charge in [-0.3, -0.25) is 0 Å². The fraction of sp³-hybridized carbons (Fsp3) is 0.200. The topological polar surface area (TPSA) is 50.7 Å². The first-order valence-corrected chi connectivity index (χ1v) is 5.49. The number of nitrogens with zero attached hydrogens (tertiary/aromatic N) is 1. The first-order valence-electron chi connectivity index (χ1n) is 4.37. The summed E-state index contributed by atoms with van der Waals surface area (Å²) in [6.45, 7) is 0.247. The van der Waals surface area contributed by atoms with Gasteiger partial charge in [-0.15, -0.1) is 0 Å². The van der Waals surface area contributed by atoms with Crippen LogP contribution in [0.15, 0.2) is 35.4 Å². The van der Waals surface area contributed by atoms with Crippen molar-refractivity contribution < 1.29 is 9.53 Å². The second-order valence-corrected chi connectivity index (χ2v) is 3.29. The third-order valence-corrected chi connectivity index (χ3v) is 1.82. The highest BCUT2D eigenvalue weighted by Gasteiger charge is 1.99. The number of hydrogen-bond acceptors (Lipinski definition) is 3. The molecule has 80 valence electrons. The Morgan fingerprint density at radius 3 is 2.87 bits per heavy atom. The average Bonchev–Trinajstić information content (AvgIpc) is 2.28. The lowest BCUT2D eigenvalue weighted by Gasteiger charge is -2.02. The number of carbonyl (C=O) groups is 1. The summed E-state index contributed by atoms with van der Waals surface area (Å²) in [4.78, 5) is 11.0. The number of amides is 1. The Hall–Kier alpha value is -1.36. The molecule has 15 heavy (non-hydrogen) atoms. The smallest absolute Gasteiger partial charge is 0.428 e. The molecule has 1 aromatic rings. The Labute approximate surface area is 96.4 Å². The van der Waals surface area contributed by atoms with Crippen LogP contribution in [0, 0.1) is 0 Å². The molecule has 5 heteroatoms. The first kappa shape index (κ1) is 11.7. The number of alkyl halides is 1. The zero-order valence-electron chi connectivity index (χ0n) is 8.02. The van der Waals surface area contributed by atoms with Gasteiger partial charge in [0.2, 0.25) is 0 Å². The van der Waals surface area contributed by atoms with Crippen LogP contribution in [-0.4, -0.2) is 17.6 Å². The van der Waals surface area contributed by atoms with E-state index in [1.54, 1.807) is 0 Å². The van der Waals surface area contributed by atoms with Crippen molar-refractivity contribution in [3.05, 3.63) is 35.9 Å². The van der Waals surface area contributed by atoms with Gasteiger partial charge in [-0.05, 0) is 5.56 Å². The van der Waals surface area contributed by atoms with Gasteiger partial charge in [-0.25, -0.2) is 10.2 Å². The lowest BCUT2D eigenvalue weighted by molar-refractivity contribution is 0.140. The number of rotatable bonds is 4. The number of ether oxygens (including phenoxy) is 1. The highest BCUT2D eigenvalue weighted by molar-refractivity contribution is 9.09. The van der Waals surface area contributed by atoms with Crippen molar-refractivity contribution in [2.45, 2.75) is 6.61 Å². The monoisotopic (exact) mass is 270 g/mol. The summed E-state index contributed by atoms with van der Waals surface area (Å²) < 4.78 is 4.90. The Morgan fingerprint density at radius 1 is 1.47 bits per heavy atom. The van der Waals surface area contributed by atoms with Crippen LogP contribution >= 0.6 is 15.9 Å².